The van der Waals surface area contributed by atoms with Gasteiger partial charge in [-0.1, -0.05) is 6.42 Å². The summed E-state index contributed by atoms with van der Waals surface area (Å²) in [5.41, 5.74) is 0.741. The number of rotatable bonds is 4. The smallest absolute Gasteiger partial charge is 0.325 e. The Bertz CT molecular complexity index is 615. The highest BCUT2D eigenvalue weighted by Crippen LogP contribution is 2.25. The summed E-state index contributed by atoms with van der Waals surface area (Å²) in [6.45, 7) is 3.90. The summed E-state index contributed by atoms with van der Waals surface area (Å²) in [5, 5.41) is 12.9. The van der Waals surface area contributed by atoms with Crippen molar-refractivity contribution in [2.24, 2.45) is 0 Å². The third kappa shape index (κ3) is 2.71. The first-order chi connectivity index (χ1) is 9.34. The molecule has 8 heteroatoms. The Kier molecular flexibility index (Phi) is 4.14. The van der Waals surface area contributed by atoms with Crippen molar-refractivity contribution in [3.63, 3.8) is 0 Å². The first-order valence-corrected chi connectivity index (χ1v) is 8.04. The molecule has 0 atom stereocenters. The summed E-state index contributed by atoms with van der Waals surface area (Å²) < 4.78 is 28.0. The van der Waals surface area contributed by atoms with Crippen LogP contribution in [0, 0.1) is 13.8 Å². The van der Waals surface area contributed by atoms with Gasteiger partial charge in [-0.3, -0.25) is 9.48 Å². The molecular weight excluding hydrogens is 282 g/mol. The Morgan fingerprint density at radius 3 is 2.40 bits per heavy atom. The predicted octanol–water partition coefficient (Wildman–Crippen LogP) is 0.759. The van der Waals surface area contributed by atoms with Crippen LogP contribution >= 0.6 is 0 Å². The first-order valence-electron chi connectivity index (χ1n) is 6.60. The maximum absolute atomic E-state index is 12.7. The fourth-order valence-electron chi connectivity index (χ4n) is 2.57. The molecule has 0 aromatic carbocycles. The SMILES string of the molecule is Cc1nn(CC(=O)O)c(C)c1S(=O)(=O)N1CCCCC1. The number of carboxylic acid groups (broad SMARTS) is 1. The van der Waals surface area contributed by atoms with Crippen molar-refractivity contribution >= 4 is 16.0 Å². The summed E-state index contributed by atoms with van der Waals surface area (Å²) in [7, 11) is -3.58. The topological polar surface area (TPSA) is 92.5 Å². The molecule has 0 saturated carbocycles. The van der Waals surface area contributed by atoms with Crippen molar-refractivity contribution in [2.45, 2.75) is 44.6 Å². The molecule has 1 aromatic heterocycles. The van der Waals surface area contributed by atoms with E-state index in [1.807, 2.05) is 0 Å². The highest BCUT2D eigenvalue weighted by Gasteiger charge is 2.31. The molecule has 0 unspecified atom stereocenters. The molecule has 2 rings (SSSR count). The molecule has 0 spiro atoms. The highest BCUT2D eigenvalue weighted by atomic mass is 32.2. The molecule has 2 heterocycles. The largest absolute Gasteiger partial charge is 0.480 e. The van der Waals surface area contributed by atoms with Gasteiger partial charge in [0, 0.05) is 13.1 Å². The number of sulfonamides is 1. The molecule has 112 valence electrons. The Hall–Kier alpha value is -1.41. The molecule has 7 nitrogen and oxygen atoms in total. The number of hydrogen-bond donors (Lipinski definition) is 1. The molecule has 0 radical (unpaired) electrons. The molecule has 0 amide bonds. The highest BCUT2D eigenvalue weighted by molar-refractivity contribution is 7.89. The van der Waals surface area contributed by atoms with E-state index in [1.54, 1.807) is 13.8 Å². The number of carboxylic acids is 1. The number of carbonyl (C=O) groups is 1. The molecule has 1 aliphatic heterocycles. The summed E-state index contributed by atoms with van der Waals surface area (Å²) in [5.74, 6) is -1.04. The Balaban J connectivity index is 2.41. The van der Waals surface area contributed by atoms with Crippen molar-refractivity contribution in [1.29, 1.82) is 0 Å². The summed E-state index contributed by atoms with van der Waals surface area (Å²) in [4.78, 5) is 10.9. The van der Waals surface area contributed by atoms with Gasteiger partial charge in [0.25, 0.3) is 0 Å². The second-order valence-electron chi connectivity index (χ2n) is 5.02. The average Bonchev–Trinajstić information content (AvgIpc) is 2.65. The molecule has 0 bridgehead atoms. The fraction of sp³-hybridized carbons (Fsp3) is 0.667. The number of aromatic nitrogens is 2. The van der Waals surface area contributed by atoms with Gasteiger partial charge in [-0.15, -0.1) is 0 Å². The predicted molar refractivity (Wildman–Crippen MR) is 71.9 cm³/mol. The van der Waals surface area contributed by atoms with E-state index in [0.717, 1.165) is 19.3 Å². The minimum absolute atomic E-state index is 0.153. The van der Waals surface area contributed by atoms with Crippen LogP contribution in [0.2, 0.25) is 0 Å². The van der Waals surface area contributed by atoms with Crippen molar-refractivity contribution in [1.82, 2.24) is 14.1 Å². The number of hydrogen-bond acceptors (Lipinski definition) is 4. The second-order valence-corrected chi connectivity index (χ2v) is 6.89. The number of aryl methyl sites for hydroxylation is 1. The van der Waals surface area contributed by atoms with Crippen LogP contribution in [0.5, 0.6) is 0 Å². The third-order valence-corrected chi connectivity index (χ3v) is 5.66. The quantitative estimate of drug-likeness (QED) is 0.886. The summed E-state index contributed by atoms with van der Waals surface area (Å²) in [6.07, 6.45) is 2.77. The summed E-state index contributed by atoms with van der Waals surface area (Å²) in [6, 6.07) is 0. The van der Waals surface area contributed by atoms with Gasteiger partial charge in [0.2, 0.25) is 10.0 Å². The average molecular weight is 301 g/mol. The Morgan fingerprint density at radius 1 is 1.25 bits per heavy atom. The van der Waals surface area contributed by atoms with Crippen LogP contribution < -0.4 is 0 Å². The monoisotopic (exact) mass is 301 g/mol. The van der Waals surface area contributed by atoms with Gasteiger partial charge in [0.1, 0.15) is 11.4 Å². The molecule has 20 heavy (non-hydrogen) atoms. The van der Waals surface area contributed by atoms with Crippen LogP contribution in [-0.4, -0.2) is 46.7 Å². The Labute approximate surface area is 118 Å². The minimum atomic E-state index is -3.58. The zero-order chi connectivity index (χ0) is 14.9. The van der Waals surface area contributed by atoms with Gasteiger partial charge >= 0.3 is 5.97 Å². The molecule has 1 saturated heterocycles. The van der Waals surface area contributed by atoms with E-state index < -0.39 is 16.0 Å². The van der Waals surface area contributed by atoms with E-state index >= 15 is 0 Å². The van der Waals surface area contributed by atoms with Crippen LogP contribution in [0.25, 0.3) is 0 Å². The van der Waals surface area contributed by atoms with Crippen molar-refractivity contribution in [2.75, 3.05) is 13.1 Å². The molecular formula is C12H19N3O4S. The first kappa shape index (κ1) is 15.0. The van der Waals surface area contributed by atoms with Crippen LogP contribution in [0.4, 0.5) is 0 Å². The van der Waals surface area contributed by atoms with Crippen LogP contribution in [0.3, 0.4) is 0 Å². The molecule has 1 fully saturated rings. The maximum atomic E-state index is 12.7. The van der Waals surface area contributed by atoms with Crippen LogP contribution in [-0.2, 0) is 21.4 Å². The minimum Gasteiger partial charge on any atom is -0.480 e. The van der Waals surface area contributed by atoms with Crippen LogP contribution in [0.1, 0.15) is 30.7 Å². The molecule has 1 aliphatic rings. The standard InChI is InChI=1S/C12H19N3O4S/c1-9-12(10(2)15(13-9)8-11(16)17)20(18,19)14-6-4-3-5-7-14/h3-8H2,1-2H3,(H,16,17). The third-order valence-electron chi connectivity index (χ3n) is 3.51. The van der Waals surface area contributed by atoms with E-state index in [1.165, 1.54) is 8.99 Å². The normalized spacial score (nSPS) is 17.3. The van der Waals surface area contributed by atoms with Gasteiger partial charge in [0.15, 0.2) is 0 Å². The molecule has 1 aromatic rings. The number of piperidine rings is 1. The van der Waals surface area contributed by atoms with E-state index in [2.05, 4.69) is 5.10 Å². The fourth-order valence-corrected chi connectivity index (χ4v) is 4.46. The lowest BCUT2D eigenvalue weighted by Crippen LogP contribution is -2.36. The van der Waals surface area contributed by atoms with Gasteiger partial charge in [-0.25, -0.2) is 8.42 Å². The van der Waals surface area contributed by atoms with E-state index in [0.29, 0.717) is 24.5 Å². The van der Waals surface area contributed by atoms with Gasteiger partial charge in [-0.05, 0) is 26.7 Å². The Morgan fingerprint density at radius 2 is 1.85 bits per heavy atom. The molecule has 0 aliphatic carbocycles. The van der Waals surface area contributed by atoms with Crippen molar-refractivity contribution in [3.05, 3.63) is 11.4 Å². The number of aliphatic carboxylic acids is 1. The van der Waals surface area contributed by atoms with E-state index in [-0.39, 0.29) is 11.4 Å². The van der Waals surface area contributed by atoms with Crippen molar-refractivity contribution in [3.8, 4) is 0 Å². The van der Waals surface area contributed by atoms with Crippen molar-refractivity contribution < 1.29 is 18.3 Å². The summed E-state index contributed by atoms with van der Waals surface area (Å²) >= 11 is 0. The second kappa shape index (κ2) is 5.53. The van der Waals surface area contributed by atoms with Crippen LogP contribution in [0.15, 0.2) is 4.90 Å². The molecule has 1 N–H and O–H groups in total. The zero-order valence-electron chi connectivity index (χ0n) is 11.7. The lowest BCUT2D eigenvalue weighted by Gasteiger charge is -2.25. The van der Waals surface area contributed by atoms with Gasteiger partial charge in [0.05, 0.1) is 11.4 Å². The maximum Gasteiger partial charge on any atom is 0.325 e. The van der Waals surface area contributed by atoms with Gasteiger partial charge in [-0.2, -0.15) is 9.40 Å². The lowest BCUT2D eigenvalue weighted by molar-refractivity contribution is -0.137. The van der Waals surface area contributed by atoms with E-state index in [9.17, 15) is 13.2 Å². The van der Waals surface area contributed by atoms with E-state index in [4.69, 9.17) is 5.11 Å². The zero-order valence-corrected chi connectivity index (χ0v) is 12.5. The number of nitrogens with zero attached hydrogens (tertiary/aromatic N) is 3. The lowest BCUT2D eigenvalue weighted by atomic mass is 10.2. The van der Waals surface area contributed by atoms with Gasteiger partial charge < -0.3 is 5.11 Å².